The van der Waals surface area contributed by atoms with Crippen molar-refractivity contribution in [2.75, 3.05) is 11.7 Å². The molecule has 3 heterocycles. The third-order valence-corrected chi connectivity index (χ3v) is 8.18. The minimum absolute atomic E-state index is 0.127. The predicted octanol–water partition coefficient (Wildman–Crippen LogP) is 6.87. The van der Waals surface area contributed by atoms with E-state index in [4.69, 9.17) is 26.7 Å². The maximum Gasteiger partial charge on any atom is 0.231 e. The number of aromatic nitrogens is 2. The van der Waals surface area contributed by atoms with Crippen molar-refractivity contribution in [2.24, 2.45) is 4.99 Å². The highest BCUT2D eigenvalue weighted by atomic mass is 79.9. The fourth-order valence-electron chi connectivity index (χ4n) is 5.26. The molecule has 1 aromatic heterocycles. The lowest BCUT2D eigenvalue weighted by Crippen LogP contribution is -2.29. The van der Waals surface area contributed by atoms with Crippen LogP contribution >= 0.6 is 28.1 Å². The smallest absolute Gasteiger partial charge is 0.231 e. The summed E-state index contributed by atoms with van der Waals surface area (Å²) in [7, 11) is 0. The number of anilines is 1. The van der Waals surface area contributed by atoms with Crippen LogP contribution in [0.5, 0.6) is 11.5 Å². The number of fused-ring (bicyclic) bond motifs is 2. The average molecular weight is 611 g/mol. The van der Waals surface area contributed by atoms with Crippen LogP contribution in [0, 0.1) is 0 Å². The van der Waals surface area contributed by atoms with E-state index in [1.165, 1.54) is 5.56 Å². The minimum atomic E-state index is -0.338. The van der Waals surface area contributed by atoms with Gasteiger partial charge in [-0.3, -0.25) is 4.99 Å². The lowest BCUT2D eigenvalue weighted by molar-refractivity contribution is 0.174. The highest BCUT2D eigenvalue weighted by molar-refractivity contribution is 9.10. The molecule has 5 aromatic rings. The van der Waals surface area contributed by atoms with Crippen LogP contribution < -0.4 is 19.7 Å². The van der Waals surface area contributed by atoms with Gasteiger partial charge in [0, 0.05) is 15.7 Å². The SMILES string of the molecule is S=C1NC(=NC(Cc2ccccc2)c2ccccc2)C(c2cc3c(cc2Br)OCO3)N1c1ccc2[nH]cnc2c1. The van der Waals surface area contributed by atoms with Crippen molar-refractivity contribution in [2.45, 2.75) is 18.5 Å². The van der Waals surface area contributed by atoms with Gasteiger partial charge in [-0.1, -0.05) is 76.6 Å². The van der Waals surface area contributed by atoms with E-state index < -0.39 is 0 Å². The standard InChI is InChI=1S/C31H24BrN5O2S/c32-23-16-28-27(38-18-39-28)15-22(23)29-30(36-31(40)37(29)21-11-12-24-26(14-21)34-17-33-24)35-25(20-9-5-2-6-10-20)13-19-7-3-1-4-8-19/h1-12,14-17,25,29H,13,18H2,(H,33,34)(H,35,36,40). The van der Waals surface area contributed by atoms with Crippen molar-refractivity contribution in [1.82, 2.24) is 15.3 Å². The number of nitrogens with zero attached hydrogens (tertiary/aromatic N) is 3. The fraction of sp³-hybridized carbons (Fsp3) is 0.129. The van der Waals surface area contributed by atoms with Crippen LogP contribution in [-0.2, 0) is 6.42 Å². The van der Waals surface area contributed by atoms with E-state index in [0.717, 1.165) is 44.6 Å². The minimum Gasteiger partial charge on any atom is -0.454 e. The lowest BCUT2D eigenvalue weighted by atomic mass is 9.98. The number of nitrogens with one attached hydrogen (secondary N) is 2. The molecular weight excluding hydrogens is 586 g/mol. The molecule has 2 unspecified atom stereocenters. The Morgan fingerprint density at radius 2 is 1.73 bits per heavy atom. The van der Waals surface area contributed by atoms with Crippen molar-refractivity contribution >= 4 is 55.8 Å². The van der Waals surface area contributed by atoms with Gasteiger partial charge in [-0.15, -0.1) is 0 Å². The van der Waals surface area contributed by atoms with E-state index in [1.807, 2.05) is 42.5 Å². The van der Waals surface area contributed by atoms with Gasteiger partial charge in [0.1, 0.15) is 11.9 Å². The third-order valence-electron chi connectivity index (χ3n) is 7.19. The number of thiocarbonyl (C=S) groups is 1. The molecule has 7 nitrogen and oxygen atoms in total. The summed E-state index contributed by atoms with van der Waals surface area (Å²) in [6, 6.07) is 30.4. The van der Waals surface area contributed by atoms with Gasteiger partial charge >= 0.3 is 0 Å². The molecule has 7 rings (SSSR count). The molecule has 0 spiro atoms. The topological polar surface area (TPSA) is 74.8 Å². The Bertz CT molecular complexity index is 1740. The maximum absolute atomic E-state index is 5.96. The number of hydrogen-bond acceptors (Lipinski definition) is 5. The number of rotatable bonds is 6. The molecule has 2 aliphatic rings. The van der Waals surface area contributed by atoms with Crippen molar-refractivity contribution < 1.29 is 9.47 Å². The summed E-state index contributed by atoms with van der Waals surface area (Å²) < 4.78 is 12.3. The van der Waals surface area contributed by atoms with Crippen LogP contribution in [0.15, 0.2) is 107 Å². The monoisotopic (exact) mass is 609 g/mol. The largest absolute Gasteiger partial charge is 0.454 e. The Kier molecular flexibility index (Phi) is 6.45. The van der Waals surface area contributed by atoms with Gasteiger partial charge in [-0.2, -0.15) is 0 Å². The molecule has 1 fully saturated rings. The molecule has 2 N–H and O–H groups in total. The van der Waals surface area contributed by atoms with Gasteiger partial charge in [-0.05, 0) is 60.1 Å². The Morgan fingerprint density at radius 1 is 0.975 bits per heavy atom. The summed E-state index contributed by atoms with van der Waals surface area (Å²) in [6.45, 7) is 0.195. The van der Waals surface area contributed by atoms with E-state index in [-0.39, 0.29) is 18.9 Å². The fourth-order valence-corrected chi connectivity index (χ4v) is 6.12. The number of amidine groups is 1. The van der Waals surface area contributed by atoms with Crippen LogP contribution in [-0.4, -0.2) is 27.7 Å². The van der Waals surface area contributed by atoms with Gasteiger partial charge < -0.3 is 24.7 Å². The molecule has 40 heavy (non-hydrogen) atoms. The van der Waals surface area contributed by atoms with Crippen molar-refractivity contribution in [3.8, 4) is 11.5 Å². The summed E-state index contributed by atoms with van der Waals surface area (Å²) >= 11 is 9.76. The van der Waals surface area contributed by atoms with Gasteiger partial charge in [0.25, 0.3) is 0 Å². The molecule has 2 atom stereocenters. The van der Waals surface area contributed by atoms with Gasteiger partial charge in [0.15, 0.2) is 16.6 Å². The van der Waals surface area contributed by atoms with Crippen LogP contribution in [0.2, 0.25) is 0 Å². The summed E-state index contributed by atoms with van der Waals surface area (Å²) in [5.74, 6) is 2.16. The zero-order valence-electron chi connectivity index (χ0n) is 21.3. The van der Waals surface area contributed by atoms with E-state index in [1.54, 1.807) is 6.33 Å². The zero-order chi connectivity index (χ0) is 27.1. The molecule has 9 heteroatoms. The number of benzene rings is 4. The second-order valence-corrected chi connectivity index (χ2v) is 10.9. The molecule has 0 saturated carbocycles. The molecular formula is C31H24BrN5O2S. The van der Waals surface area contributed by atoms with Gasteiger partial charge in [0.2, 0.25) is 6.79 Å². The van der Waals surface area contributed by atoms with E-state index in [9.17, 15) is 0 Å². The molecule has 0 amide bonds. The third kappa shape index (κ3) is 4.61. The van der Waals surface area contributed by atoms with Crippen LogP contribution in [0.4, 0.5) is 5.69 Å². The summed E-state index contributed by atoms with van der Waals surface area (Å²) in [4.78, 5) is 15.1. The first-order valence-corrected chi connectivity index (χ1v) is 14.1. The summed E-state index contributed by atoms with van der Waals surface area (Å²) in [5.41, 5.74) is 6.04. The zero-order valence-corrected chi connectivity index (χ0v) is 23.7. The number of imidazole rings is 1. The molecule has 2 aliphatic heterocycles. The molecule has 4 aromatic carbocycles. The Balaban J connectivity index is 1.38. The normalized spacial score (nSPS) is 17.9. The molecule has 0 bridgehead atoms. The molecule has 198 valence electrons. The quantitative estimate of drug-likeness (QED) is 0.205. The average Bonchev–Trinajstić information content (AvgIpc) is 3.71. The lowest BCUT2D eigenvalue weighted by Gasteiger charge is -2.26. The van der Waals surface area contributed by atoms with Crippen molar-refractivity contribution in [3.05, 3.63) is 118 Å². The van der Waals surface area contributed by atoms with E-state index >= 15 is 0 Å². The van der Waals surface area contributed by atoms with Crippen LogP contribution in [0.3, 0.4) is 0 Å². The number of aromatic amines is 1. The Morgan fingerprint density at radius 3 is 2.52 bits per heavy atom. The number of ether oxygens (including phenoxy) is 2. The highest BCUT2D eigenvalue weighted by Crippen LogP contribution is 2.43. The second kappa shape index (κ2) is 10.4. The number of aliphatic imine (C=N–C) groups is 1. The highest BCUT2D eigenvalue weighted by Gasteiger charge is 2.39. The van der Waals surface area contributed by atoms with Crippen molar-refractivity contribution in [1.29, 1.82) is 0 Å². The summed E-state index contributed by atoms with van der Waals surface area (Å²) in [6.07, 6.45) is 2.44. The molecule has 1 saturated heterocycles. The predicted molar refractivity (Wildman–Crippen MR) is 164 cm³/mol. The number of H-pyrrole nitrogens is 1. The number of hydrogen-bond donors (Lipinski definition) is 2. The Labute approximate surface area is 245 Å². The van der Waals surface area contributed by atoms with Gasteiger partial charge in [0.05, 0.1) is 23.4 Å². The van der Waals surface area contributed by atoms with Gasteiger partial charge in [-0.25, -0.2) is 4.98 Å². The maximum atomic E-state index is 5.96. The first-order valence-electron chi connectivity index (χ1n) is 12.9. The van der Waals surface area contributed by atoms with E-state index in [0.29, 0.717) is 16.6 Å². The second-order valence-electron chi connectivity index (χ2n) is 9.66. The van der Waals surface area contributed by atoms with E-state index in [2.05, 4.69) is 84.6 Å². The molecule has 0 radical (unpaired) electrons. The van der Waals surface area contributed by atoms with Crippen LogP contribution in [0.1, 0.15) is 28.8 Å². The first kappa shape index (κ1) is 24.8. The Hall–Kier alpha value is -4.21. The summed E-state index contributed by atoms with van der Waals surface area (Å²) in [5, 5.41) is 4.02. The number of halogens is 1. The van der Waals surface area contributed by atoms with Crippen LogP contribution in [0.25, 0.3) is 11.0 Å². The first-order chi connectivity index (χ1) is 19.6. The van der Waals surface area contributed by atoms with Crippen molar-refractivity contribution in [3.63, 3.8) is 0 Å². The molecule has 0 aliphatic carbocycles.